The van der Waals surface area contributed by atoms with Crippen molar-refractivity contribution in [2.45, 2.75) is 25.9 Å². The second-order valence-electron chi connectivity index (χ2n) is 6.14. The summed E-state index contributed by atoms with van der Waals surface area (Å²) in [4.78, 5) is 13.1. The molecule has 0 radical (unpaired) electrons. The number of Topliss-reactive ketones (excluding diaryl/α,β-unsaturated/α-hetero) is 1. The first kappa shape index (κ1) is 18.3. The van der Waals surface area contributed by atoms with Crippen molar-refractivity contribution >= 4 is 11.5 Å². The molecule has 1 aromatic rings. The summed E-state index contributed by atoms with van der Waals surface area (Å²) in [5, 5.41) is 12.2. The molecule has 1 aromatic carbocycles. The summed E-state index contributed by atoms with van der Waals surface area (Å²) in [6.45, 7) is 2.02. The van der Waals surface area contributed by atoms with E-state index >= 15 is 0 Å². The molecular weight excluding hydrogens is 319 g/mol. The molecule has 0 atom stereocenters. The van der Waals surface area contributed by atoms with Crippen LogP contribution in [-0.2, 0) is 0 Å². The Morgan fingerprint density at radius 1 is 1.38 bits per heavy atom. The summed E-state index contributed by atoms with van der Waals surface area (Å²) in [6.07, 6.45) is -2.80. The van der Waals surface area contributed by atoms with Crippen LogP contribution in [0, 0.1) is 17.2 Å². The standard InChI is InChI=1S/C17H20F3N3O/c1-12(24)15-3-2-14(9-21)8-16(15)22-10-13-4-6-23(7-5-13)11-17(18,19)20/h2-3,8,13,22H,4-7,10-11H2,1H3. The number of hydrogen-bond donors (Lipinski definition) is 1. The van der Waals surface area contributed by atoms with Gasteiger partial charge >= 0.3 is 6.18 Å². The zero-order valence-corrected chi connectivity index (χ0v) is 13.5. The number of benzene rings is 1. The fraction of sp³-hybridized carbons (Fsp3) is 0.529. The lowest BCUT2D eigenvalue weighted by Gasteiger charge is -2.32. The van der Waals surface area contributed by atoms with Gasteiger partial charge in [0.05, 0.1) is 18.2 Å². The Bertz CT molecular complexity index is 629. The van der Waals surface area contributed by atoms with E-state index in [0.717, 1.165) is 0 Å². The lowest BCUT2D eigenvalue weighted by Crippen LogP contribution is -2.41. The summed E-state index contributed by atoms with van der Waals surface area (Å²) >= 11 is 0. The number of nitriles is 1. The van der Waals surface area contributed by atoms with Gasteiger partial charge in [-0.2, -0.15) is 18.4 Å². The molecule has 1 aliphatic rings. The third kappa shape index (κ3) is 5.24. The second-order valence-corrected chi connectivity index (χ2v) is 6.14. The van der Waals surface area contributed by atoms with Crippen molar-refractivity contribution in [3.8, 4) is 6.07 Å². The predicted molar refractivity (Wildman–Crippen MR) is 84.9 cm³/mol. The Labute approximate surface area is 139 Å². The Morgan fingerprint density at radius 2 is 2.04 bits per heavy atom. The Kier molecular flexibility index (Phi) is 5.84. The number of likely N-dealkylation sites (tertiary alicyclic amines) is 1. The van der Waals surface area contributed by atoms with Crippen molar-refractivity contribution in [2.24, 2.45) is 5.92 Å². The van der Waals surface area contributed by atoms with E-state index in [2.05, 4.69) is 5.32 Å². The quantitative estimate of drug-likeness (QED) is 0.835. The van der Waals surface area contributed by atoms with Crippen LogP contribution in [-0.4, -0.2) is 43.0 Å². The van der Waals surface area contributed by atoms with Crippen molar-refractivity contribution < 1.29 is 18.0 Å². The van der Waals surface area contributed by atoms with Crippen molar-refractivity contribution in [1.29, 1.82) is 5.26 Å². The molecule has 1 N–H and O–H groups in total. The molecule has 7 heteroatoms. The lowest BCUT2D eigenvalue weighted by atomic mass is 9.96. The van der Waals surface area contributed by atoms with Gasteiger partial charge in [0.25, 0.3) is 0 Å². The number of nitrogens with one attached hydrogen (secondary N) is 1. The van der Waals surface area contributed by atoms with Crippen LogP contribution < -0.4 is 5.32 Å². The van der Waals surface area contributed by atoms with E-state index in [-0.39, 0.29) is 11.7 Å². The zero-order valence-electron chi connectivity index (χ0n) is 13.5. The van der Waals surface area contributed by atoms with E-state index < -0.39 is 12.7 Å². The van der Waals surface area contributed by atoms with Crippen LogP contribution in [0.2, 0.25) is 0 Å². The molecule has 24 heavy (non-hydrogen) atoms. The van der Waals surface area contributed by atoms with E-state index in [1.165, 1.54) is 11.8 Å². The smallest absolute Gasteiger partial charge is 0.384 e. The maximum absolute atomic E-state index is 12.4. The third-order valence-corrected chi connectivity index (χ3v) is 4.22. The molecule has 0 amide bonds. The highest BCUT2D eigenvalue weighted by Gasteiger charge is 2.32. The first-order chi connectivity index (χ1) is 11.3. The van der Waals surface area contributed by atoms with Crippen LogP contribution in [0.25, 0.3) is 0 Å². The third-order valence-electron chi connectivity index (χ3n) is 4.22. The molecule has 0 aliphatic carbocycles. The molecule has 0 bridgehead atoms. The second kappa shape index (κ2) is 7.67. The number of rotatable bonds is 5. The summed E-state index contributed by atoms with van der Waals surface area (Å²) in [7, 11) is 0. The van der Waals surface area contributed by atoms with E-state index in [0.29, 0.717) is 49.3 Å². The number of piperidine rings is 1. The van der Waals surface area contributed by atoms with Gasteiger partial charge in [0.15, 0.2) is 5.78 Å². The summed E-state index contributed by atoms with van der Waals surface area (Å²) in [5.41, 5.74) is 1.59. The van der Waals surface area contributed by atoms with Gasteiger partial charge in [-0.1, -0.05) is 0 Å². The molecule has 1 saturated heterocycles. The molecule has 1 aliphatic heterocycles. The average molecular weight is 339 g/mol. The Balaban J connectivity index is 1.91. The fourth-order valence-electron chi connectivity index (χ4n) is 2.92. The largest absolute Gasteiger partial charge is 0.401 e. The van der Waals surface area contributed by atoms with Gasteiger partial charge in [-0.25, -0.2) is 0 Å². The minimum Gasteiger partial charge on any atom is -0.384 e. The number of carbonyl (C=O) groups is 1. The first-order valence-corrected chi connectivity index (χ1v) is 7.86. The van der Waals surface area contributed by atoms with Crippen molar-refractivity contribution in [3.63, 3.8) is 0 Å². The first-order valence-electron chi connectivity index (χ1n) is 7.86. The highest BCUT2D eigenvalue weighted by Crippen LogP contribution is 2.24. The maximum atomic E-state index is 12.4. The van der Waals surface area contributed by atoms with E-state index in [9.17, 15) is 18.0 Å². The van der Waals surface area contributed by atoms with Gasteiger partial charge in [0, 0.05) is 17.8 Å². The van der Waals surface area contributed by atoms with Gasteiger partial charge in [-0.15, -0.1) is 0 Å². The van der Waals surface area contributed by atoms with Crippen LogP contribution in [0.5, 0.6) is 0 Å². The number of ketones is 1. The number of hydrogen-bond acceptors (Lipinski definition) is 4. The zero-order chi connectivity index (χ0) is 17.7. The molecule has 0 saturated carbocycles. The van der Waals surface area contributed by atoms with Crippen LogP contribution >= 0.6 is 0 Å². The molecule has 1 fully saturated rings. The van der Waals surface area contributed by atoms with Gasteiger partial charge in [-0.05, 0) is 57.0 Å². The monoisotopic (exact) mass is 339 g/mol. The van der Waals surface area contributed by atoms with Gasteiger partial charge in [0.1, 0.15) is 0 Å². The summed E-state index contributed by atoms with van der Waals surface area (Å²) in [5.74, 6) is 0.155. The molecule has 130 valence electrons. The van der Waals surface area contributed by atoms with E-state index in [4.69, 9.17) is 5.26 Å². The Hall–Kier alpha value is -2.07. The number of halogens is 3. The number of nitrogens with zero attached hydrogens (tertiary/aromatic N) is 2. The van der Waals surface area contributed by atoms with Crippen LogP contribution in [0.15, 0.2) is 18.2 Å². The van der Waals surface area contributed by atoms with Gasteiger partial charge < -0.3 is 5.32 Å². The highest BCUT2D eigenvalue weighted by atomic mass is 19.4. The van der Waals surface area contributed by atoms with Crippen LogP contribution in [0.4, 0.5) is 18.9 Å². The number of carbonyl (C=O) groups excluding carboxylic acids is 1. The predicted octanol–water partition coefficient (Wildman–Crippen LogP) is 3.45. The normalized spacial score (nSPS) is 16.6. The molecule has 0 aromatic heterocycles. The summed E-state index contributed by atoms with van der Waals surface area (Å²) in [6, 6.07) is 6.88. The SMILES string of the molecule is CC(=O)c1ccc(C#N)cc1NCC1CCN(CC(F)(F)F)CC1. The summed E-state index contributed by atoms with van der Waals surface area (Å²) < 4.78 is 37.2. The maximum Gasteiger partial charge on any atom is 0.401 e. The Morgan fingerprint density at radius 3 is 2.58 bits per heavy atom. The molecule has 2 rings (SSSR count). The molecule has 0 spiro atoms. The minimum absolute atomic E-state index is 0.0954. The van der Waals surface area contributed by atoms with E-state index in [1.54, 1.807) is 18.2 Å². The molecule has 0 unspecified atom stereocenters. The van der Waals surface area contributed by atoms with Crippen molar-refractivity contribution in [3.05, 3.63) is 29.3 Å². The van der Waals surface area contributed by atoms with Gasteiger partial charge in [0.2, 0.25) is 0 Å². The van der Waals surface area contributed by atoms with Crippen molar-refractivity contribution in [1.82, 2.24) is 4.90 Å². The van der Waals surface area contributed by atoms with Crippen molar-refractivity contribution in [2.75, 3.05) is 31.5 Å². The minimum atomic E-state index is -4.15. The molecular formula is C17H20F3N3O. The number of anilines is 1. The molecule has 1 heterocycles. The van der Waals surface area contributed by atoms with Crippen LogP contribution in [0.3, 0.4) is 0 Å². The van der Waals surface area contributed by atoms with E-state index in [1.807, 2.05) is 6.07 Å². The highest BCUT2D eigenvalue weighted by molar-refractivity contribution is 5.99. The topological polar surface area (TPSA) is 56.1 Å². The van der Waals surface area contributed by atoms with Crippen LogP contribution in [0.1, 0.15) is 35.7 Å². The number of alkyl halides is 3. The average Bonchev–Trinajstić information content (AvgIpc) is 2.52. The molecule has 4 nitrogen and oxygen atoms in total. The lowest BCUT2D eigenvalue weighted by molar-refractivity contribution is -0.148. The fourth-order valence-corrected chi connectivity index (χ4v) is 2.92. The van der Waals surface area contributed by atoms with Gasteiger partial charge in [-0.3, -0.25) is 9.69 Å².